The van der Waals surface area contributed by atoms with E-state index in [-0.39, 0.29) is 0 Å². The van der Waals surface area contributed by atoms with Gasteiger partial charge in [0.25, 0.3) is 0 Å². The number of hydrogen-bond donors (Lipinski definition) is 0. The molecule has 0 amide bonds. The molecule has 1 fully saturated rings. The Morgan fingerprint density at radius 3 is 2.58 bits per heavy atom. The van der Waals surface area contributed by atoms with Crippen molar-refractivity contribution in [1.82, 2.24) is 14.8 Å². The van der Waals surface area contributed by atoms with E-state index in [0.717, 1.165) is 23.1 Å². The van der Waals surface area contributed by atoms with E-state index in [2.05, 4.69) is 14.8 Å². The Morgan fingerprint density at radius 1 is 1.26 bits per heavy atom. The van der Waals surface area contributed by atoms with E-state index in [1.165, 1.54) is 12.8 Å². The van der Waals surface area contributed by atoms with Gasteiger partial charge in [0.05, 0.1) is 12.5 Å². The highest BCUT2D eigenvalue weighted by molar-refractivity contribution is 6.16. The maximum atomic E-state index is 5.95. The van der Waals surface area contributed by atoms with Crippen molar-refractivity contribution in [1.29, 1.82) is 0 Å². The molecule has 1 aromatic carbocycles. The van der Waals surface area contributed by atoms with E-state index < -0.39 is 0 Å². The van der Waals surface area contributed by atoms with Crippen molar-refractivity contribution in [3.05, 3.63) is 35.9 Å². The third-order valence-corrected chi connectivity index (χ3v) is 3.46. The van der Waals surface area contributed by atoms with Crippen LogP contribution in [0.25, 0.3) is 5.69 Å². The van der Waals surface area contributed by atoms with E-state index in [9.17, 15) is 0 Å². The average Bonchev–Trinajstić information content (AvgIpc) is 3.19. The standard InChI is InChI=1S/C14H16ClN3O/c1-2-19-12-7-5-11(6-8-12)18-13(9-15)16-17-14(18)10-3-4-10/h5-8,10H,2-4,9H2,1H3. The Kier molecular flexibility index (Phi) is 3.42. The highest BCUT2D eigenvalue weighted by Gasteiger charge is 2.30. The van der Waals surface area contributed by atoms with Gasteiger partial charge in [0.1, 0.15) is 11.6 Å². The fourth-order valence-corrected chi connectivity index (χ4v) is 2.34. The summed E-state index contributed by atoms with van der Waals surface area (Å²) < 4.78 is 7.53. The molecule has 1 aliphatic rings. The Labute approximate surface area is 117 Å². The lowest BCUT2D eigenvalue weighted by Gasteiger charge is -2.10. The molecule has 0 atom stereocenters. The highest BCUT2D eigenvalue weighted by Crippen LogP contribution is 2.40. The van der Waals surface area contributed by atoms with E-state index in [1.807, 2.05) is 31.2 Å². The molecular weight excluding hydrogens is 262 g/mol. The van der Waals surface area contributed by atoms with Crippen molar-refractivity contribution < 1.29 is 4.74 Å². The third-order valence-electron chi connectivity index (χ3n) is 3.22. The van der Waals surface area contributed by atoms with Crippen LogP contribution in [0.4, 0.5) is 0 Å². The summed E-state index contributed by atoms with van der Waals surface area (Å²) in [6.45, 7) is 2.65. The Hall–Kier alpha value is -1.55. The first-order valence-corrected chi connectivity index (χ1v) is 7.10. The normalized spacial score (nSPS) is 14.6. The largest absolute Gasteiger partial charge is 0.494 e. The van der Waals surface area contributed by atoms with Crippen LogP contribution in [0, 0.1) is 0 Å². The minimum absolute atomic E-state index is 0.368. The second kappa shape index (κ2) is 5.21. The Morgan fingerprint density at radius 2 is 2.00 bits per heavy atom. The lowest BCUT2D eigenvalue weighted by Crippen LogP contribution is -2.03. The zero-order valence-electron chi connectivity index (χ0n) is 10.8. The first kappa shape index (κ1) is 12.5. The molecule has 2 aromatic rings. The number of halogens is 1. The first-order valence-electron chi connectivity index (χ1n) is 6.57. The average molecular weight is 278 g/mol. The van der Waals surface area contributed by atoms with E-state index in [0.29, 0.717) is 18.4 Å². The van der Waals surface area contributed by atoms with Gasteiger partial charge in [0.2, 0.25) is 0 Å². The minimum Gasteiger partial charge on any atom is -0.494 e. The molecular formula is C14H16ClN3O. The summed E-state index contributed by atoms with van der Waals surface area (Å²) in [4.78, 5) is 0. The molecule has 1 heterocycles. The number of aromatic nitrogens is 3. The van der Waals surface area contributed by atoms with Gasteiger partial charge in [-0.1, -0.05) is 0 Å². The first-order chi connectivity index (χ1) is 9.33. The predicted molar refractivity (Wildman–Crippen MR) is 74.1 cm³/mol. The Bertz CT molecular complexity index is 561. The molecule has 3 rings (SSSR count). The predicted octanol–water partition coefficient (Wildman–Crippen LogP) is 3.28. The van der Waals surface area contributed by atoms with Crippen LogP contribution < -0.4 is 4.74 Å². The number of benzene rings is 1. The fraction of sp³-hybridized carbons (Fsp3) is 0.429. The molecule has 1 aromatic heterocycles. The summed E-state index contributed by atoms with van der Waals surface area (Å²) in [5.74, 6) is 3.61. The van der Waals surface area contributed by atoms with Gasteiger partial charge in [-0.3, -0.25) is 4.57 Å². The van der Waals surface area contributed by atoms with Crippen molar-refractivity contribution in [3.8, 4) is 11.4 Å². The lowest BCUT2D eigenvalue weighted by atomic mass is 10.2. The SMILES string of the molecule is CCOc1ccc(-n2c(CCl)nnc2C2CC2)cc1. The maximum Gasteiger partial charge on any atom is 0.152 e. The van der Waals surface area contributed by atoms with Crippen LogP contribution in [0.15, 0.2) is 24.3 Å². The van der Waals surface area contributed by atoms with Gasteiger partial charge in [-0.2, -0.15) is 0 Å². The van der Waals surface area contributed by atoms with Crippen molar-refractivity contribution in [3.63, 3.8) is 0 Å². The van der Waals surface area contributed by atoms with Crippen molar-refractivity contribution >= 4 is 11.6 Å². The molecule has 0 spiro atoms. The smallest absolute Gasteiger partial charge is 0.152 e. The second-order valence-electron chi connectivity index (χ2n) is 4.64. The summed E-state index contributed by atoms with van der Waals surface area (Å²) >= 11 is 5.95. The molecule has 19 heavy (non-hydrogen) atoms. The lowest BCUT2D eigenvalue weighted by molar-refractivity contribution is 0.340. The summed E-state index contributed by atoms with van der Waals surface area (Å²) in [5, 5.41) is 8.46. The van der Waals surface area contributed by atoms with Gasteiger partial charge < -0.3 is 4.74 Å². The number of rotatable bonds is 5. The third kappa shape index (κ3) is 2.45. The van der Waals surface area contributed by atoms with Crippen LogP contribution >= 0.6 is 11.6 Å². The van der Waals surface area contributed by atoms with E-state index in [4.69, 9.17) is 16.3 Å². The van der Waals surface area contributed by atoms with Crippen molar-refractivity contribution in [2.45, 2.75) is 31.6 Å². The monoisotopic (exact) mass is 277 g/mol. The van der Waals surface area contributed by atoms with Crippen molar-refractivity contribution in [2.24, 2.45) is 0 Å². The zero-order valence-corrected chi connectivity index (χ0v) is 11.6. The van der Waals surface area contributed by atoms with E-state index >= 15 is 0 Å². The van der Waals surface area contributed by atoms with Crippen LogP contribution in [0.1, 0.15) is 37.3 Å². The minimum atomic E-state index is 0.368. The maximum absolute atomic E-state index is 5.95. The van der Waals surface area contributed by atoms with Crippen LogP contribution in [0.3, 0.4) is 0 Å². The molecule has 1 saturated carbocycles. The van der Waals surface area contributed by atoms with Crippen LogP contribution in [-0.4, -0.2) is 21.4 Å². The summed E-state index contributed by atoms with van der Waals surface area (Å²) in [6, 6.07) is 7.98. The molecule has 0 unspecified atom stereocenters. The highest BCUT2D eigenvalue weighted by atomic mass is 35.5. The molecule has 4 nitrogen and oxygen atoms in total. The quantitative estimate of drug-likeness (QED) is 0.788. The molecule has 0 bridgehead atoms. The molecule has 100 valence electrons. The summed E-state index contributed by atoms with van der Waals surface area (Å²) in [5.41, 5.74) is 1.05. The molecule has 0 saturated heterocycles. The molecule has 1 aliphatic carbocycles. The molecule has 0 aliphatic heterocycles. The van der Waals surface area contributed by atoms with Crippen molar-refractivity contribution in [2.75, 3.05) is 6.61 Å². The number of alkyl halides is 1. The number of ether oxygens (including phenoxy) is 1. The van der Waals surface area contributed by atoms with Crippen LogP contribution in [-0.2, 0) is 5.88 Å². The van der Waals surface area contributed by atoms with Gasteiger partial charge in [-0.25, -0.2) is 0 Å². The molecule has 0 radical (unpaired) electrons. The summed E-state index contributed by atoms with van der Waals surface area (Å²) in [7, 11) is 0. The van der Waals surface area contributed by atoms with Gasteiger partial charge >= 0.3 is 0 Å². The fourth-order valence-electron chi connectivity index (χ4n) is 2.16. The number of nitrogens with zero attached hydrogens (tertiary/aromatic N) is 3. The summed E-state index contributed by atoms with van der Waals surface area (Å²) in [6.07, 6.45) is 2.38. The van der Waals surface area contributed by atoms with E-state index in [1.54, 1.807) is 0 Å². The van der Waals surface area contributed by atoms with Crippen LogP contribution in [0.5, 0.6) is 5.75 Å². The van der Waals surface area contributed by atoms with Gasteiger partial charge in [0, 0.05) is 11.6 Å². The van der Waals surface area contributed by atoms with Gasteiger partial charge in [-0.15, -0.1) is 21.8 Å². The van der Waals surface area contributed by atoms with Gasteiger partial charge in [-0.05, 0) is 44.0 Å². The second-order valence-corrected chi connectivity index (χ2v) is 4.91. The zero-order chi connectivity index (χ0) is 13.2. The number of hydrogen-bond acceptors (Lipinski definition) is 3. The topological polar surface area (TPSA) is 39.9 Å². The van der Waals surface area contributed by atoms with Gasteiger partial charge in [0.15, 0.2) is 5.82 Å². The molecule has 0 N–H and O–H groups in total. The molecule has 5 heteroatoms. The Balaban J connectivity index is 1.97. The van der Waals surface area contributed by atoms with Crippen LogP contribution in [0.2, 0.25) is 0 Å².